The van der Waals surface area contributed by atoms with E-state index < -0.39 is 5.60 Å². The molecule has 0 unspecified atom stereocenters. The standard InChI is InChI=1S/C17H14ClNO.C16H9ClO.C4H9NO2.CH4/c1-20-17-9-12-5-3-2-4-11(12)8-15(17)14-10-13(18)6-7-16(14)19;17-12-5-6-15-14(9-12)13-7-10-3-1-2-4-11(10)8-16(13)18-15;1-4(2,3)7-5-6;/h2-10H,19H2,1H3;1-9H;1-3H3;1H4. The van der Waals surface area contributed by atoms with Crippen LogP contribution in [0.15, 0.2) is 119 Å². The maximum absolute atomic E-state index is 9.35. The molecule has 0 saturated heterocycles. The lowest BCUT2D eigenvalue weighted by molar-refractivity contribution is -0.00229. The summed E-state index contributed by atoms with van der Waals surface area (Å²) in [5.41, 5.74) is 9.96. The fraction of sp³-hybridized carbons (Fsp3) is 0.158. The molecular weight excluding hydrogens is 619 g/mol. The second kappa shape index (κ2) is 14.5. The highest BCUT2D eigenvalue weighted by molar-refractivity contribution is 6.32. The van der Waals surface area contributed by atoms with Crippen LogP contribution in [0.25, 0.3) is 54.6 Å². The molecule has 0 radical (unpaired) electrons. The number of hydrogen-bond acceptors (Lipinski definition) is 6. The van der Waals surface area contributed by atoms with Crippen LogP contribution in [-0.4, -0.2) is 12.7 Å². The minimum absolute atomic E-state index is 0. The quantitative estimate of drug-likeness (QED) is 0.116. The molecule has 8 heteroatoms. The van der Waals surface area contributed by atoms with E-state index >= 15 is 0 Å². The first-order chi connectivity index (χ1) is 21.6. The Kier molecular flexibility index (Phi) is 10.8. The predicted octanol–water partition coefficient (Wildman–Crippen LogP) is 12.3. The topological polar surface area (TPSA) is 87.0 Å². The maximum atomic E-state index is 9.35. The Balaban J connectivity index is 0.000000171. The molecule has 6 aromatic carbocycles. The van der Waals surface area contributed by atoms with E-state index in [1.807, 2.05) is 60.7 Å². The predicted molar refractivity (Wildman–Crippen MR) is 195 cm³/mol. The Morgan fingerprint density at radius 2 is 1.22 bits per heavy atom. The largest absolute Gasteiger partial charge is 0.496 e. The second-order valence-corrected chi connectivity index (χ2v) is 12.2. The van der Waals surface area contributed by atoms with Gasteiger partial charge in [0.1, 0.15) is 22.5 Å². The van der Waals surface area contributed by atoms with Gasteiger partial charge in [-0.05, 0) is 103 Å². The number of furan rings is 1. The van der Waals surface area contributed by atoms with Gasteiger partial charge in [0.05, 0.1) is 7.11 Å². The van der Waals surface area contributed by atoms with Gasteiger partial charge in [0.2, 0.25) is 0 Å². The Hall–Kier alpha value is -4.78. The summed E-state index contributed by atoms with van der Waals surface area (Å²) >= 11 is 12.1. The molecule has 0 aliphatic carbocycles. The average Bonchev–Trinajstić information content (AvgIpc) is 3.37. The van der Waals surface area contributed by atoms with E-state index in [2.05, 4.69) is 52.6 Å². The third-order valence-electron chi connectivity index (χ3n) is 6.98. The van der Waals surface area contributed by atoms with Gasteiger partial charge in [-0.15, -0.1) is 4.91 Å². The fourth-order valence-corrected chi connectivity index (χ4v) is 5.25. The van der Waals surface area contributed by atoms with Crippen molar-refractivity contribution in [1.29, 1.82) is 0 Å². The fourth-order valence-electron chi connectivity index (χ4n) is 4.91. The molecule has 1 aromatic heterocycles. The molecule has 0 spiro atoms. The van der Waals surface area contributed by atoms with Crippen molar-refractivity contribution in [1.82, 2.24) is 0 Å². The average molecular weight is 656 g/mol. The summed E-state index contributed by atoms with van der Waals surface area (Å²) in [6, 6.07) is 36.0. The number of nitrogen functional groups attached to an aromatic ring is 1. The van der Waals surface area contributed by atoms with Crippen LogP contribution in [0.3, 0.4) is 0 Å². The van der Waals surface area contributed by atoms with Crippen LogP contribution in [0.1, 0.15) is 28.2 Å². The lowest BCUT2D eigenvalue weighted by atomic mass is 9.99. The minimum atomic E-state index is -0.429. The van der Waals surface area contributed by atoms with Gasteiger partial charge in [0.15, 0.2) is 5.34 Å². The van der Waals surface area contributed by atoms with Crippen LogP contribution in [0, 0.1) is 4.91 Å². The Bertz CT molecular complexity index is 2130. The van der Waals surface area contributed by atoms with Crippen LogP contribution in [0.2, 0.25) is 10.0 Å². The van der Waals surface area contributed by atoms with Gasteiger partial charge in [0.25, 0.3) is 0 Å². The first-order valence-corrected chi connectivity index (χ1v) is 15.0. The zero-order valence-corrected chi connectivity index (χ0v) is 26.8. The van der Waals surface area contributed by atoms with Gasteiger partial charge in [0, 0.05) is 37.6 Å². The van der Waals surface area contributed by atoms with E-state index in [1.165, 1.54) is 10.8 Å². The van der Waals surface area contributed by atoms with Crippen molar-refractivity contribution in [2.24, 2.45) is 5.34 Å². The minimum Gasteiger partial charge on any atom is -0.496 e. The highest BCUT2D eigenvalue weighted by Gasteiger charge is 2.12. The molecule has 0 fully saturated rings. The van der Waals surface area contributed by atoms with Crippen LogP contribution in [0.5, 0.6) is 5.75 Å². The highest BCUT2D eigenvalue weighted by Crippen LogP contribution is 2.38. The number of fused-ring (bicyclic) bond motifs is 5. The van der Waals surface area contributed by atoms with Gasteiger partial charge < -0.3 is 19.7 Å². The molecule has 7 aromatic rings. The number of anilines is 1. The number of rotatable bonds is 3. The zero-order chi connectivity index (χ0) is 32.1. The first-order valence-electron chi connectivity index (χ1n) is 14.2. The van der Waals surface area contributed by atoms with Gasteiger partial charge in [-0.3, -0.25) is 0 Å². The number of ether oxygens (including phenoxy) is 1. The summed E-state index contributed by atoms with van der Waals surface area (Å²) < 4.78 is 11.4. The van der Waals surface area contributed by atoms with Gasteiger partial charge in [-0.1, -0.05) is 79.2 Å². The summed E-state index contributed by atoms with van der Waals surface area (Å²) in [6.07, 6.45) is 0. The number of halogens is 2. The molecule has 0 aliphatic rings. The van der Waals surface area contributed by atoms with Crippen molar-refractivity contribution >= 4 is 72.4 Å². The van der Waals surface area contributed by atoms with Gasteiger partial charge in [-0.25, -0.2) is 0 Å². The smallest absolute Gasteiger partial charge is 0.155 e. The van der Waals surface area contributed by atoms with Crippen molar-refractivity contribution < 1.29 is 14.0 Å². The lowest BCUT2D eigenvalue weighted by Crippen LogP contribution is -2.14. The summed E-state index contributed by atoms with van der Waals surface area (Å²) in [5, 5.41) is 10.5. The molecule has 7 rings (SSSR count). The van der Waals surface area contributed by atoms with Crippen molar-refractivity contribution in [3.63, 3.8) is 0 Å². The third kappa shape index (κ3) is 7.89. The zero-order valence-electron chi connectivity index (χ0n) is 25.3. The first kappa shape index (κ1) is 34.1. The molecule has 0 bridgehead atoms. The lowest BCUT2D eigenvalue weighted by Gasteiger charge is -2.13. The van der Waals surface area contributed by atoms with E-state index in [9.17, 15) is 4.91 Å². The summed E-state index contributed by atoms with van der Waals surface area (Å²) in [7, 11) is 1.66. The molecule has 46 heavy (non-hydrogen) atoms. The molecule has 0 amide bonds. The Morgan fingerprint density at radius 3 is 1.80 bits per heavy atom. The summed E-state index contributed by atoms with van der Waals surface area (Å²) in [6.45, 7) is 5.28. The number of methoxy groups -OCH3 is 1. The van der Waals surface area contributed by atoms with Crippen molar-refractivity contribution in [2.75, 3.05) is 12.8 Å². The van der Waals surface area contributed by atoms with Crippen LogP contribution >= 0.6 is 23.2 Å². The van der Waals surface area contributed by atoms with Gasteiger partial charge >= 0.3 is 0 Å². The molecule has 0 atom stereocenters. The number of nitrogens with zero attached hydrogens (tertiary/aromatic N) is 1. The highest BCUT2D eigenvalue weighted by atomic mass is 35.5. The summed E-state index contributed by atoms with van der Waals surface area (Å²) in [5.74, 6) is 0.790. The van der Waals surface area contributed by atoms with Crippen LogP contribution < -0.4 is 10.5 Å². The molecular formula is C38H36Cl2N2O4. The van der Waals surface area contributed by atoms with Crippen LogP contribution in [0.4, 0.5) is 5.69 Å². The molecule has 236 valence electrons. The van der Waals surface area contributed by atoms with Crippen LogP contribution in [-0.2, 0) is 4.84 Å². The van der Waals surface area contributed by atoms with E-state index in [0.29, 0.717) is 10.7 Å². The summed E-state index contributed by atoms with van der Waals surface area (Å²) in [4.78, 5) is 13.6. The van der Waals surface area contributed by atoms with Crippen molar-refractivity contribution in [2.45, 2.75) is 33.8 Å². The number of nitrogens with two attached hydrogens (primary N) is 1. The van der Waals surface area contributed by atoms with Crippen molar-refractivity contribution in [3.05, 3.63) is 124 Å². The molecule has 0 saturated carbocycles. The normalized spacial score (nSPS) is 10.8. The molecule has 2 N–H and O–H groups in total. The molecule has 0 aliphatic heterocycles. The van der Waals surface area contributed by atoms with Crippen molar-refractivity contribution in [3.8, 4) is 16.9 Å². The Morgan fingerprint density at radius 1 is 0.674 bits per heavy atom. The SMILES string of the molecule is C.CC(C)(C)ON=O.COc1cc2ccccc2cc1-c1cc(Cl)ccc1N.Clc1ccc2oc3cc4ccccc4cc3c2c1. The van der Waals surface area contributed by atoms with E-state index in [-0.39, 0.29) is 7.43 Å². The van der Waals surface area contributed by atoms with Gasteiger partial charge in [-0.2, -0.15) is 0 Å². The van der Waals surface area contributed by atoms with E-state index in [0.717, 1.165) is 54.6 Å². The maximum Gasteiger partial charge on any atom is 0.155 e. The van der Waals surface area contributed by atoms with E-state index in [4.69, 9.17) is 38.1 Å². The Labute approximate surface area is 278 Å². The second-order valence-electron chi connectivity index (χ2n) is 11.3. The number of hydrogen-bond donors (Lipinski definition) is 1. The monoisotopic (exact) mass is 654 g/mol. The number of benzene rings is 6. The molecule has 1 heterocycles. The molecule has 6 nitrogen and oxygen atoms in total. The third-order valence-corrected chi connectivity index (χ3v) is 7.45. The van der Waals surface area contributed by atoms with E-state index in [1.54, 1.807) is 33.9 Å².